The van der Waals surface area contributed by atoms with Crippen LogP contribution in [-0.4, -0.2) is 84.4 Å². The second-order valence-electron chi connectivity index (χ2n) is 14.6. The Bertz CT molecular complexity index is 1410. The largest absolute Gasteiger partial charge is 0.465 e. The second kappa shape index (κ2) is 13.0. The molecule has 1 aliphatic heterocycles. The lowest BCUT2D eigenvalue weighted by Gasteiger charge is -2.44. The van der Waals surface area contributed by atoms with Crippen LogP contribution in [0.4, 0.5) is 21.4 Å². The maximum Gasteiger partial charge on any atom is 0.410 e. The van der Waals surface area contributed by atoms with Gasteiger partial charge in [-0.05, 0) is 85.0 Å². The summed E-state index contributed by atoms with van der Waals surface area (Å²) in [5.41, 5.74) is 0.618. The van der Waals surface area contributed by atoms with Gasteiger partial charge >= 0.3 is 12.2 Å². The number of hydrogen-bond donors (Lipinski definition) is 4. The molecule has 3 aliphatic rings. The number of hydrogen-bond acceptors (Lipinski definition) is 9. The van der Waals surface area contributed by atoms with E-state index in [1.807, 2.05) is 27.7 Å². The fraction of sp³-hybridized carbons (Fsp3) is 0.750. The summed E-state index contributed by atoms with van der Waals surface area (Å²) in [7, 11) is 0. The lowest BCUT2D eigenvalue weighted by Crippen LogP contribution is -2.59. The van der Waals surface area contributed by atoms with Gasteiger partial charge in [0.25, 0.3) is 0 Å². The highest BCUT2D eigenvalue weighted by molar-refractivity contribution is 6.03. The lowest BCUT2D eigenvalue weighted by atomic mass is 9.80. The minimum Gasteiger partial charge on any atom is -0.465 e. The third kappa shape index (κ3) is 7.44. The van der Waals surface area contributed by atoms with Crippen molar-refractivity contribution >= 4 is 41.0 Å². The van der Waals surface area contributed by atoms with Crippen LogP contribution < -0.4 is 15.5 Å². The van der Waals surface area contributed by atoms with Crippen molar-refractivity contribution in [1.82, 2.24) is 29.7 Å². The molecule has 3 fully saturated rings. The summed E-state index contributed by atoms with van der Waals surface area (Å²) in [6, 6.07) is -0.0315. The van der Waals surface area contributed by atoms with E-state index in [2.05, 4.69) is 45.9 Å². The first-order chi connectivity index (χ1) is 21.2. The summed E-state index contributed by atoms with van der Waals surface area (Å²) in [5.74, 6) is 2.63. The first-order valence-corrected chi connectivity index (χ1v) is 16.6. The zero-order chi connectivity index (χ0) is 32.6. The number of nitrogens with one attached hydrogen (secondary N) is 3. The highest BCUT2D eigenvalue weighted by Crippen LogP contribution is 2.37. The standard InChI is InChI=1S/C32H51N9O4/c1-18-11-13-22(14-12-18)17-41-24-26(34-21(4)23-9-8-10-23)36-28(25(33)35-30(42)43)37-27(24)38-29(41)39-15-20(3)40(16-19(39)2)31(44)45-32(5,6)7/h18-23H,8-17H2,1-7H3,(H2,33,35)(H,42,43)(H,34,36,37)/t18?,19-,20+,21-,22?/m1/s1. The Morgan fingerprint density at radius 1 is 1.02 bits per heavy atom. The van der Waals surface area contributed by atoms with Crippen LogP contribution in [0.2, 0.25) is 0 Å². The molecule has 2 aromatic rings. The summed E-state index contributed by atoms with van der Waals surface area (Å²) in [6.45, 7) is 16.0. The number of piperazine rings is 1. The van der Waals surface area contributed by atoms with E-state index >= 15 is 0 Å². The van der Waals surface area contributed by atoms with Gasteiger partial charge in [0.15, 0.2) is 23.1 Å². The number of fused-ring (bicyclic) bond motifs is 1. The number of nitrogens with zero attached hydrogens (tertiary/aromatic N) is 6. The van der Waals surface area contributed by atoms with Crippen LogP contribution in [0, 0.1) is 23.2 Å². The van der Waals surface area contributed by atoms with Crippen LogP contribution in [0.5, 0.6) is 0 Å². The van der Waals surface area contributed by atoms with Gasteiger partial charge in [-0.1, -0.05) is 26.2 Å². The Hall–Kier alpha value is -3.64. The maximum absolute atomic E-state index is 13.1. The van der Waals surface area contributed by atoms with Crippen molar-refractivity contribution in [2.75, 3.05) is 23.3 Å². The number of aromatic nitrogens is 4. The molecule has 45 heavy (non-hydrogen) atoms. The van der Waals surface area contributed by atoms with Gasteiger partial charge in [0.2, 0.25) is 5.95 Å². The lowest BCUT2D eigenvalue weighted by molar-refractivity contribution is 0.0128. The molecule has 2 aromatic heterocycles. The van der Waals surface area contributed by atoms with Crippen LogP contribution in [0.25, 0.3) is 11.2 Å². The van der Waals surface area contributed by atoms with Crippen LogP contribution in [0.1, 0.15) is 99.2 Å². The Kier molecular flexibility index (Phi) is 9.46. The molecule has 1 saturated heterocycles. The van der Waals surface area contributed by atoms with E-state index in [0.29, 0.717) is 36.4 Å². The third-order valence-electron chi connectivity index (χ3n) is 9.71. The predicted octanol–water partition coefficient (Wildman–Crippen LogP) is 5.68. The summed E-state index contributed by atoms with van der Waals surface area (Å²) in [4.78, 5) is 43.0. The SMILES string of the molecule is CC1CCC(Cn2c(N3C[C@H](C)N(C(=O)OC(C)(C)C)C[C@H]3C)nc3nc(C(=N)NC(=O)O)nc(N[C@H](C)C4CCC4)c32)CC1. The molecule has 0 radical (unpaired) electrons. The van der Waals surface area contributed by atoms with Gasteiger partial charge in [0.05, 0.1) is 0 Å². The van der Waals surface area contributed by atoms with E-state index < -0.39 is 17.5 Å². The fourth-order valence-corrected chi connectivity index (χ4v) is 6.82. The zero-order valence-corrected chi connectivity index (χ0v) is 27.9. The number of ether oxygens (including phenoxy) is 1. The number of rotatable bonds is 7. The number of carboxylic acid groups (broad SMARTS) is 1. The highest BCUT2D eigenvalue weighted by atomic mass is 16.6. The van der Waals surface area contributed by atoms with Crippen molar-refractivity contribution in [3.05, 3.63) is 5.82 Å². The minimum absolute atomic E-state index is 0.0212. The van der Waals surface area contributed by atoms with E-state index in [1.165, 1.54) is 19.3 Å². The highest BCUT2D eigenvalue weighted by Gasteiger charge is 2.38. The van der Waals surface area contributed by atoms with E-state index in [1.54, 1.807) is 4.90 Å². The molecule has 13 heteroatoms. The molecule has 3 atom stereocenters. The third-order valence-corrected chi connectivity index (χ3v) is 9.71. The van der Waals surface area contributed by atoms with E-state index in [0.717, 1.165) is 49.6 Å². The van der Waals surface area contributed by atoms with Crippen molar-refractivity contribution in [3.8, 4) is 0 Å². The van der Waals surface area contributed by atoms with Crippen LogP contribution in [-0.2, 0) is 11.3 Å². The van der Waals surface area contributed by atoms with Gasteiger partial charge in [-0.3, -0.25) is 10.7 Å². The minimum atomic E-state index is -1.34. The fourth-order valence-electron chi connectivity index (χ4n) is 6.82. The molecular formula is C32H51N9O4. The molecule has 248 valence electrons. The molecule has 2 amide bonds. The molecule has 0 aromatic carbocycles. The molecule has 4 N–H and O–H groups in total. The Labute approximate surface area is 266 Å². The van der Waals surface area contributed by atoms with Crippen LogP contribution >= 0.6 is 0 Å². The number of anilines is 2. The second-order valence-corrected chi connectivity index (χ2v) is 14.6. The molecule has 3 heterocycles. The van der Waals surface area contributed by atoms with Crippen molar-refractivity contribution in [1.29, 1.82) is 5.41 Å². The molecule has 2 aliphatic carbocycles. The van der Waals surface area contributed by atoms with Crippen molar-refractivity contribution in [2.24, 2.45) is 17.8 Å². The zero-order valence-electron chi connectivity index (χ0n) is 27.9. The van der Waals surface area contributed by atoms with Crippen molar-refractivity contribution < 1.29 is 19.4 Å². The summed E-state index contributed by atoms with van der Waals surface area (Å²) in [6.07, 6.45) is 6.49. The first kappa shape index (κ1) is 32.7. The summed E-state index contributed by atoms with van der Waals surface area (Å²) in [5, 5.41) is 23.4. The van der Waals surface area contributed by atoms with E-state index in [4.69, 9.17) is 20.1 Å². The average Bonchev–Trinajstić information content (AvgIpc) is 3.26. The first-order valence-electron chi connectivity index (χ1n) is 16.6. The van der Waals surface area contributed by atoms with E-state index in [-0.39, 0.29) is 30.0 Å². The normalized spacial score (nSPS) is 25.0. The molecule has 0 spiro atoms. The summed E-state index contributed by atoms with van der Waals surface area (Å²) >= 11 is 0. The number of amides is 2. The number of carbonyl (C=O) groups is 2. The molecule has 13 nitrogen and oxygen atoms in total. The van der Waals surface area contributed by atoms with Crippen molar-refractivity contribution in [2.45, 2.75) is 124 Å². The Morgan fingerprint density at radius 2 is 1.71 bits per heavy atom. The average molecular weight is 626 g/mol. The number of amidine groups is 1. The van der Waals surface area contributed by atoms with Crippen LogP contribution in [0.15, 0.2) is 0 Å². The van der Waals surface area contributed by atoms with Crippen LogP contribution in [0.3, 0.4) is 0 Å². The summed E-state index contributed by atoms with van der Waals surface area (Å²) < 4.78 is 7.97. The van der Waals surface area contributed by atoms with Gasteiger partial charge in [0.1, 0.15) is 11.1 Å². The molecule has 0 unspecified atom stereocenters. The van der Waals surface area contributed by atoms with Crippen molar-refractivity contribution in [3.63, 3.8) is 0 Å². The molecule has 2 saturated carbocycles. The molecule has 0 bridgehead atoms. The van der Waals surface area contributed by atoms with Gasteiger partial charge in [-0.2, -0.15) is 4.98 Å². The quantitative estimate of drug-likeness (QED) is 0.224. The molecule has 5 rings (SSSR count). The van der Waals surface area contributed by atoms with Gasteiger partial charge in [-0.15, -0.1) is 0 Å². The Morgan fingerprint density at radius 3 is 2.31 bits per heavy atom. The van der Waals surface area contributed by atoms with Gasteiger partial charge in [-0.25, -0.2) is 19.6 Å². The van der Waals surface area contributed by atoms with Gasteiger partial charge in [0, 0.05) is 37.8 Å². The monoisotopic (exact) mass is 625 g/mol. The Balaban J connectivity index is 1.57. The molecular weight excluding hydrogens is 574 g/mol. The number of imidazole rings is 1. The maximum atomic E-state index is 13.1. The smallest absolute Gasteiger partial charge is 0.410 e. The predicted molar refractivity (Wildman–Crippen MR) is 174 cm³/mol. The topological polar surface area (TPSA) is 162 Å². The van der Waals surface area contributed by atoms with Gasteiger partial charge < -0.3 is 29.5 Å². The number of carbonyl (C=O) groups excluding carboxylic acids is 1. The van der Waals surface area contributed by atoms with E-state index in [9.17, 15) is 14.7 Å².